The quantitative estimate of drug-likeness (QED) is 0.0346. The van der Waals surface area contributed by atoms with Crippen molar-refractivity contribution in [3.63, 3.8) is 0 Å². The smallest absolute Gasteiger partial charge is 0.410 e. The van der Waals surface area contributed by atoms with Crippen LogP contribution in [0.1, 0.15) is 138 Å². The van der Waals surface area contributed by atoms with Crippen molar-refractivity contribution in [3.05, 3.63) is 65.7 Å². The van der Waals surface area contributed by atoms with E-state index in [0.29, 0.717) is 108 Å². The van der Waals surface area contributed by atoms with Crippen molar-refractivity contribution in [1.82, 2.24) is 46.3 Å². The number of carboxylic acids is 1. The van der Waals surface area contributed by atoms with Gasteiger partial charge in [0.05, 0.1) is 149 Å². The first-order valence-electron chi connectivity index (χ1n) is 41.0. The molecule has 0 radical (unpaired) electrons. The van der Waals surface area contributed by atoms with Crippen LogP contribution in [0.25, 0.3) is 0 Å². The number of urea groups is 1. The highest BCUT2D eigenvalue weighted by atomic mass is 16.7. The number of rotatable bonds is 61. The standard InChI is InChI=1S/C82H131N11O26/c1-14-56(8)73(64(108-12)51-68(97)92-33-19-23-63(92)74(109-13)57(9)75(99)87-62(80(104)105)50-58-20-16-15-17-21-58)90(10)79(103)71(54(4)5)89-78(102)72(55(6)7)91(11)82(107)118-52-59-24-26-60(27-25-59)85-76(100)61(22-18-32-84-81(83)106)86-77(101)70(53(2)3)88-65(94)30-34-110-36-38-112-40-42-114-44-46-116-48-49-117-47-45-115-43-41-113-39-37-111-35-31-69(98)119-93-66(95)28-29-67(93)96/h15-17,20-21,24-27,53-57,61-64,70-74H,14,18-19,22-23,28-52H2,1-13H3,(H,85,100)(H,86,101)(H,87,99)(H,88,94)(H,89,102)(H,104,105)(H3,83,84,106)/t56-,57+,61?,62-,63-,64+,70-,71-,72-,73-,74+/m0/s1. The molecule has 0 saturated carbocycles. The normalized spacial score (nSPS) is 16.0. The van der Waals surface area contributed by atoms with Gasteiger partial charge in [-0.3, -0.25) is 48.1 Å². The maximum Gasteiger partial charge on any atom is 0.410 e. The average molecular weight is 1690 g/mol. The number of anilines is 1. The summed E-state index contributed by atoms with van der Waals surface area (Å²) >= 11 is 0. The Balaban J connectivity index is 1.18. The van der Waals surface area contributed by atoms with E-state index in [4.69, 9.17) is 62.7 Å². The Kier molecular flexibility index (Phi) is 48.5. The number of primary amides is 1. The first kappa shape index (κ1) is 102. The molecule has 37 heteroatoms. The number of carboxylic acid groups (broad SMARTS) is 1. The first-order chi connectivity index (χ1) is 56.8. The van der Waals surface area contributed by atoms with Gasteiger partial charge < -0.3 is 109 Å². The fourth-order valence-electron chi connectivity index (χ4n) is 13.4. The molecule has 2 aliphatic rings. The molecule has 1 unspecified atom stereocenters. The number of nitrogens with zero attached hydrogens (tertiary/aromatic N) is 4. The molecule has 670 valence electrons. The van der Waals surface area contributed by atoms with Crippen molar-refractivity contribution in [3.8, 4) is 0 Å². The number of aliphatic carboxylic acids is 1. The van der Waals surface area contributed by atoms with E-state index >= 15 is 0 Å². The number of nitrogens with two attached hydrogens (primary N) is 1. The average Bonchev–Trinajstić information content (AvgIpc) is 1.80. The van der Waals surface area contributed by atoms with E-state index in [-0.39, 0.29) is 116 Å². The molecular weight excluding hydrogens is 1550 g/mol. The van der Waals surface area contributed by atoms with Gasteiger partial charge in [0, 0.05) is 72.8 Å². The maximum atomic E-state index is 14.9. The number of hydroxylamine groups is 2. The largest absolute Gasteiger partial charge is 0.480 e. The molecule has 4 rings (SSSR count). The lowest BCUT2D eigenvalue weighted by Crippen LogP contribution is -2.60. The molecule has 0 aromatic heterocycles. The van der Waals surface area contributed by atoms with Gasteiger partial charge in [-0.25, -0.2) is 19.2 Å². The van der Waals surface area contributed by atoms with Crippen LogP contribution in [0.15, 0.2) is 54.6 Å². The lowest BCUT2D eigenvalue weighted by molar-refractivity contribution is -0.198. The van der Waals surface area contributed by atoms with Crippen LogP contribution in [-0.2, 0) is 123 Å². The van der Waals surface area contributed by atoms with Gasteiger partial charge in [0.1, 0.15) is 36.8 Å². The molecule has 11 atom stereocenters. The Morgan fingerprint density at radius 2 is 1.10 bits per heavy atom. The molecule has 2 aromatic carbocycles. The van der Waals surface area contributed by atoms with Gasteiger partial charge in [0.2, 0.25) is 41.4 Å². The Morgan fingerprint density at radius 3 is 1.59 bits per heavy atom. The number of ether oxygens (including phenoxy) is 11. The summed E-state index contributed by atoms with van der Waals surface area (Å²) in [6, 6.07) is 7.75. The highest BCUT2D eigenvalue weighted by Crippen LogP contribution is 2.31. The monoisotopic (exact) mass is 1690 g/mol. The SMILES string of the molecule is CC[C@H](C)[C@@H]([C@@H](CC(=O)N1CCC[C@H]1[C@H](OC)[C@@H](C)C(=O)N[C@@H](Cc1ccccc1)C(=O)O)OC)N(C)C(=O)[C@@H](NC(=O)[C@H](C(C)C)N(C)C(=O)OCc1ccc(NC(=O)C(CCCNC(N)=O)NC(=O)[C@@H](NC(=O)CCOCCOCCOCCOCCOCCOCCOCCOCCC(=O)ON2C(=O)CCC2=O)C(C)C)cc1)C(C)C. The van der Waals surface area contributed by atoms with Gasteiger partial charge in [-0.15, -0.1) is 5.06 Å². The van der Waals surface area contributed by atoms with Crippen LogP contribution in [0, 0.1) is 29.6 Å². The van der Waals surface area contributed by atoms with Gasteiger partial charge in [-0.05, 0) is 72.6 Å². The van der Waals surface area contributed by atoms with E-state index in [1.807, 2.05) is 19.9 Å². The van der Waals surface area contributed by atoms with E-state index < -0.39 is 149 Å². The topological polar surface area (TPSA) is 464 Å². The fourth-order valence-corrected chi connectivity index (χ4v) is 13.4. The number of carbonyl (C=O) groups excluding carboxylic acids is 12. The van der Waals surface area contributed by atoms with Gasteiger partial charge in [0.15, 0.2) is 0 Å². The van der Waals surface area contributed by atoms with Crippen molar-refractivity contribution in [1.29, 1.82) is 0 Å². The highest BCUT2D eigenvalue weighted by molar-refractivity contribution is 6.02. The van der Waals surface area contributed by atoms with E-state index in [1.165, 1.54) is 26.2 Å². The summed E-state index contributed by atoms with van der Waals surface area (Å²) in [5.74, 6) is -8.98. The van der Waals surface area contributed by atoms with Crippen LogP contribution in [0.5, 0.6) is 0 Å². The lowest BCUT2D eigenvalue weighted by Gasteiger charge is -2.41. The lowest BCUT2D eigenvalue weighted by atomic mass is 9.89. The molecule has 2 aliphatic heterocycles. The Morgan fingerprint density at radius 1 is 0.580 bits per heavy atom. The second-order valence-electron chi connectivity index (χ2n) is 30.2. The van der Waals surface area contributed by atoms with Gasteiger partial charge in [-0.2, -0.15) is 0 Å². The predicted octanol–water partition coefficient (Wildman–Crippen LogP) is 3.69. The zero-order valence-corrected chi connectivity index (χ0v) is 71.5. The molecule has 9 N–H and O–H groups in total. The van der Waals surface area contributed by atoms with Crippen molar-refractivity contribution in [2.24, 2.45) is 35.3 Å². The summed E-state index contributed by atoms with van der Waals surface area (Å²) in [7, 11) is 5.96. The number of likely N-dealkylation sites (tertiary alicyclic amines) is 1. The first-order valence-corrected chi connectivity index (χ1v) is 41.0. The van der Waals surface area contributed by atoms with Crippen LogP contribution < -0.4 is 37.6 Å². The number of nitrogens with one attached hydrogen (secondary N) is 6. The summed E-state index contributed by atoms with van der Waals surface area (Å²) in [6.07, 6.45) is -0.635. The summed E-state index contributed by atoms with van der Waals surface area (Å²) in [6.45, 7) is 20.8. The maximum absolute atomic E-state index is 14.9. The summed E-state index contributed by atoms with van der Waals surface area (Å²) in [5, 5.41) is 26.9. The third kappa shape index (κ3) is 37.2. The van der Waals surface area contributed by atoms with Crippen LogP contribution in [0.2, 0.25) is 0 Å². The molecule has 2 saturated heterocycles. The number of amides is 12. The number of likely N-dealkylation sites (N-methyl/N-ethyl adjacent to an activating group) is 2. The minimum absolute atomic E-state index is 0.0260. The van der Waals surface area contributed by atoms with Gasteiger partial charge >= 0.3 is 24.1 Å². The second kappa shape index (κ2) is 56.5. The number of hydrogen-bond acceptors (Lipinski definition) is 25. The molecule has 2 fully saturated rings. The Labute approximate surface area is 698 Å². The van der Waals surface area contributed by atoms with Crippen molar-refractivity contribution < 1.29 is 124 Å². The molecule has 119 heavy (non-hydrogen) atoms. The van der Waals surface area contributed by atoms with Crippen molar-refractivity contribution >= 4 is 82.9 Å². The van der Waals surface area contributed by atoms with Crippen LogP contribution >= 0.6 is 0 Å². The Bertz CT molecular complexity index is 3440. The van der Waals surface area contributed by atoms with Crippen LogP contribution in [0.3, 0.4) is 0 Å². The van der Waals surface area contributed by atoms with Gasteiger partial charge in [0.25, 0.3) is 11.8 Å². The zero-order valence-electron chi connectivity index (χ0n) is 71.5. The third-order valence-corrected chi connectivity index (χ3v) is 20.2. The van der Waals surface area contributed by atoms with E-state index in [1.54, 1.807) is 109 Å². The predicted molar refractivity (Wildman–Crippen MR) is 433 cm³/mol. The second-order valence-corrected chi connectivity index (χ2v) is 30.2. The fraction of sp³-hybridized carbons (Fsp3) is 0.695. The van der Waals surface area contributed by atoms with Crippen molar-refractivity contribution in [2.75, 3.05) is 152 Å². The highest BCUT2D eigenvalue weighted by Gasteiger charge is 2.45. The Hall–Kier alpha value is -9.05. The van der Waals surface area contributed by atoms with E-state index in [2.05, 4.69) is 31.9 Å². The molecule has 0 aliphatic carbocycles. The summed E-state index contributed by atoms with van der Waals surface area (Å²) < 4.78 is 61.6. The van der Waals surface area contributed by atoms with E-state index in [9.17, 15) is 67.4 Å². The number of hydrogen-bond donors (Lipinski definition) is 8. The molecule has 2 aromatic rings. The number of imide groups is 1. The molecule has 0 spiro atoms. The summed E-state index contributed by atoms with van der Waals surface area (Å²) in [4.78, 5) is 180. The minimum Gasteiger partial charge on any atom is -0.480 e. The number of methoxy groups -OCH3 is 2. The van der Waals surface area contributed by atoms with Crippen molar-refractivity contribution in [2.45, 2.75) is 194 Å². The molecule has 12 amide bonds. The van der Waals surface area contributed by atoms with E-state index in [0.717, 1.165) is 10.5 Å². The molecular formula is C82H131N11O26. The zero-order chi connectivity index (χ0) is 87.9. The minimum atomic E-state index is -1.20. The number of carbonyl (C=O) groups is 13. The third-order valence-electron chi connectivity index (χ3n) is 20.2. The van der Waals surface area contributed by atoms with Crippen LogP contribution in [0.4, 0.5) is 15.3 Å². The summed E-state index contributed by atoms with van der Waals surface area (Å²) in [5.41, 5.74) is 6.84. The molecule has 2 heterocycles. The molecule has 37 nitrogen and oxygen atoms in total. The van der Waals surface area contributed by atoms with Gasteiger partial charge in [-0.1, -0.05) is 111 Å². The molecule has 0 bridgehead atoms. The van der Waals surface area contributed by atoms with Crippen LogP contribution in [-0.4, -0.2) is 304 Å². The number of benzene rings is 2.